The predicted octanol–water partition coefficient (Wildman–Crippen LogP) is 3.35. The minimum absolute atomic E-state index is 0.0307. The molecule has 108 valence electrons. The van der Waals surface area contributed by atoms with Crippen molar-refractivity contribution in [3.63, 3.8) is 0 Å². The van der Waals surface area contributed by atoms with Gasteiger partial charge in [-0.3, -0.25) is 0 Å². The van der Waals surface area contributed by atoms with Crippen LogP contribution >= 0.6 is 0 Å². The molecule has 0 bridgehead atoms. The van der Waals surface area contributed by atoms with Crippen molar-refractivity contribution >= 4 is 12.2 Å². The van der Waals surface area contributed by atoms with Crippen molar-refractivity contribution in [3.8, 4) is 0 Å². The van der Waals surface area contributed by atoms with Crippen LogP contribution in [-0.4, -0.2) is 12.2 Å². The molecule has 0 saturated carbocycles. The van der Waals surface area contributed by atoms with E-state index in [1.165, 1.54) is 0 Å². The minimum atomic E-state index is -5.03. The number of alkyl halides is 6. The molecule has 0 N–H and O–H groups in total. The molecule has 1 aliphatic rings. The molecule has 0 aliphatic carbocycles. The molecule has 0 saturated heterocycles. The number of nitrogens with zero attached hydrogens (tertiary/aromatic N) is 1. The summed E-state index contributed by atoms with van der Waals surface area (Å²) in [5, 5.41) is 0. The zero-order valence-electron chi connectivity index (χ0n) is 9.42. The van der Waals surface area contributed by atoms with Crippen LogP contribution in [0, 0.1) is 0 Å². The Hall–Kier alpha value is -2.06. The Morgan fingerprint density at radius 3 is 2.15 bits per heavy atom. The van der Waals surface area contributed by atoms with Gasteiger partial charge in [-0.15, -0.1) is 0 Å². The first-order chi connectivity index (χ1) is 9.09. The first-order valence-corrected chi connectivity index (χ1v) is 5.11. The van der Waals surface area contributed by atoms with Crippen LogP contribution in [0.4, 0.5) is 26.3 Å². The monoisotopic (exact) mass is 297 g/mol. The zero-order chi connectivity index (χ0) is 15.1. The fraction of sp³-hybridized carbons (Fsp3) is 0.273. The average Bonchev–Trinajstić information content (AvgIpc) is 2.72. The smallest absolute Gasteiger partial charge is 0.416 e. The number of benzene rings is 1. The van der Waals surface area contributed by atoms with Crippen LogP contribution in [0.5, 0.6) is 0 Å². The van der Waals surface area contributed by atoms with Gasteiger partial charge in [-0.05, 0) is 12.1 Å². The number of hydrogen-bond donors (Lipinski definition) is 0. The van der Waals surface area contributed by atoms with E-state index in [0.29, 0.717) is 18.3 Å². The molecule has 9 heteroatoms. The van der Waals surface area contributed by atoms with E-state index in [1.54, 1.807) is 0 Å². The fourth-order valence-electron chi connectivity index (χ4n) is 1.64. The van der Waals surface area contributed by atoms with E-state index >= 15 is 0 Å². The molecule has 20 heavy (non-hydrogen) atoms. The molecular formula is C11H5F6NO2. The lowest BCUT2D eigenvalue weighted by molar-refractivity contribution is -0.146. The molecule has 0 radical (unpaired) electrons. The van der Waals surface area contributed by atoms with Gasteiger partial charge in [-0.1, -0.05) is 6.07 Å². The highest BCUT2D eigenvalue weighted by atomic mass is 19.4. The van der Waals surface area contributed by atoms with Crippen molar-refractivity contribution in [2.45, 2.75) is 18.6 Å². The zero-order valence-corrected chi connectivity index (χ0v) is 9.42. The van der Waals surface area contributed by atoms with Crippen molar-refractivity contribution in [2.24, 2.45) is 4.99 Å². The molecule has 0 aromatic heterocycles. The maximum absolute atomic E-state index is 12.8. The Labute approximate surface area is 107 Å². The first kappa shape index (κ1) is 14.4. The number of carbonyl (C=O) groups excluding carboxylic acids is 1. The van der Waals surface area contributed by atoms with Crippen molar-refractivity contribution in [2.75, 3.05) is 0 Å². The van der Waals surface area contributed by atoms with E-state index in [0.717, 1.165) is 0 Å². The summed E-state index contributed by atoms with van der Waals surface area (Å²) in [4.78, 5) is 14.2. The number of hydrogen-bond acceptors (Lipinski definition) is 3. The van der Waals surface area contributed by atoms with Gasteiger partial charge in [-0.2, -0.15) is 26.3 Å². The number of esters is 1. The first-order valence-electron chi connectivity index (χ1n) is 5.11. The molecule has 0 spiro atoms. The largest absolute Gasteiger partial charge is 0.431 e. The maximum atomic E-state index is 12.8. The molecule has 1 atom stereocenters. The van der Waals surface area contributed by atoms with E-state index in [9.17, 15) is 31.1 Å². The van der Waals surface area contributed by atoms with Gasteiger partial charge in [0.2, 0.25) is 6.23 Å². The standard InChI is InChI=1S/C11H5F6NO2/c12-10(13,14)5-1-2-6(7(3-5)11(15,16)17)9-18-4-8(19)20-9/h1-4,9H. The SMILES string of the molecule is O=C1C=NC(c2ccc(C(F)(F)F)cc2C(F)(F)F)O1. The van der Waals surface area contributed by atoms with Gasteiger partial charge < -0.3 is 4.74 Å². The molecule has 3 nitrogen and oxygen atoms in total. The summed E-state index contributed by atoms with van der Waals surface area (Å²) in [6.07, 6.45) is -10.8. The highest BCUT2D eigenvalue weighted by molar-refractivity contribution is 6.24. The van der Waals surface area contributed by atoms with Crippen LogP contribution in [0.2, 0.25) is 0 Å². The van der Waals surface area contributed by atoms with Gasteiger partial charge in [-0.25, -0.2) is 9.79 Å². The molecule has 1 aromatic rings. The van der Waals surface area contributed by atoms with Crippen molar-refractivity contribution in [1.82, 2.24) is 0 Å². The second kappa shape index (κ2) is 4.50. The van der Waals surface area contributed by atoms with Crippen LogP contribution < -0.4 is 0 Å². The Balaban J connectivity index is 2.52. The Morgan fingerprint density at radius 1 is 1.05 bits per heavy atom. The Morgan fingerprint density at radius 2 is 1.70 bits per heavy atom. The predicted molar refractivity (Wildman–Crippen MR) is 53.8 cm³/mol. The van der Waals surface area contributed by atoms with Crippen LogP contribution in [0.15, 0.2) is 23.2 Å². The van der Waals surface area contributed by atoms with Gasteiger partial charge in [0.25, 0.3) is 0 Å². The number of ether oxygens (including phenoxy) is 1. The summed E-state index contributed by atoms with van der Waals surface area (Å²) in [6, 6.07) is 1.05. The van der Waals surface area contributed by atoms with E-state index in [4.69, 9.17) is 0 Å². The van der Waals surface area contributed by atoms with E-state index < -0.39 is 41.2 Å². The van der Waals surface area contributed by atoms with Crippen molar-refractivity contribution in [1.29, 1.82) is 0 Å². The van der Waals surface area contributed by atoms with Gasteiger partial charge in [0.1, 0.15) is 6.21 Å². The van der Waals surface area contributed by atoms with Crippen LogP contribution in [0.3, 0.4) is 0 Å². The molecule has 1 heterocycles. The highest BCUT2D eigenvalue weighted by Crippen LogP contribution is 2.40. The summed E-state index contributed by atoms with van der Waals surface area (Å²) in [7, 11) is 0. The lowest BCUT2D eigenvalue weighted by Gasteiger charge is -2.17. The van der Waals surface area contributed by atoms with Crippen LogP contribution in [-0.2, 0) is 21.9 Å². The lowest BCUT2D eigenvalue weighted by Crippen LogP contribution is -2.15. The van der Waals surface area contributed by atoms with Crippen molar-refractivity contribution in [3.05, 3.63) is 34.9 Å². The topological polar surface area (TPSA) is 38.7 Å². The second-order valence-corrected chi connectivity index (χ2v) is 3.86. The summed E-state index contributed by atoms with van der Waals surface area (Å²) >= 11 is 0. The Bertz CT molecular complexity index is 575. The number of carbonyl (C=O) groups is 1. The van der Waals surface area contributed by atoms with Crippen molar-refractivity contribution < 1.29 is 35.9 Å². The molecular weight excluding hydrogens is 292 g/mol. The van der Waals surface area contributed by atoms with E-state index in [1.807, 2.05) is 0 Å². The van der Waals surface area contributed by atoms with Gasteiger partial charge in [0.15, 0.2) is 0 Å². The molecule has 0 fully saturated rings. The lowest BCUT2D eigenvalue weighted by atomic mass is 10.0. The normalized spacial score (nSPS) is 19.3. The number of halogens is 6. The van der Waals surface area contributed by atoms with E-state index in [2.05, 4.69) is 9.73 Å². The van der Waals surface area contributed by atoms with E-state index in [-0.39, 0.29) is 6.07 Å². The molecule has 0 amide bonds. The molecule has 1 unspecified atom stereocenters. The second-order valence-electron chi connectivity index (χ2n) is 3.86. The minimum Gasteiger partial charge on any atom is -0.431 e. The summed E-state index contributed by atoms with van der Waals surface area (Å²) in [5.41, 5.74) is -3.63. The summed E-state index contributed by atoms with van der Waals surface area (Å²) in [6.45, 7) is 0. The highest BCUT2D eigenvalue weighted by Gasteiger charge is 2.40. The average molecular weight is 297 g/mol. The third-order valence-electron chi connectivity index (χ3n) is 2.50. The van der Waals surface area contributed by atoms with Crippen LogP contribution in [0.25, 0.3) is 0 Å². The summed E-state index contributed by atoms with van der Waals surface area (Å²) < 4.78 is 80.2. The van der Waals surface area contributed by atoms with Crippen LogP contribution in [0.1, 0.15) is 22.9 Å². The maximum Gasteiger partial charge on any atom is 0.416 e. The third kappa shape index (κ3) is 2.75. The fourth-order valence-corrected chi connectivity index (χ4v) is 1.64. The molecule has 1 aromatic carbocycles. The Kier molecular flexibility index (Phi) is 3.23. The van der Waals surface area contributed by atoms with Gasteiger partial charge in [0.05, 0.1) is 11.1 Å². The molecule has 1 aliphatic heterocycles. The number of rotatable bonds is 1. The number of aliphatic imine (C=N–C) groups is 1. The van der Waals surface area contributed by atoms with Gasteiger partial charge >= 0.3 is 18.3 Å². The molecule has 2 rings (SSSR count). The third-order valence-corrected chi connectivity index (χ3v) is 2.50. The number of cyclic esters (lactones) is 1. The summed E-state index contributed by atoms with van der Waals surface area (Å²) in [5.74, 6) is -0.956. The van der Waals surface area contributed by atoms with Gasteiger partial charge in [0, 0.05) is 5.56 Å². The quantitative estimate of drug-likeness (QED) is 0.589.